The molecule has 6 heteroatoms. The third-order valence-electron chi connectivity index (χ3n) is 2.99. The van der Waals surface area contributed by atoms with Crippen LogP contribution >= 0.6 is 0 Å². The highest BCUT2D eigenvalue weighted by atomic mass is 19.1. The van der Waals surface area contributed by atoms with E-state index in [9.17, 15) is 9.18 Å². The standard InChI is InChI=1S/C16H15FN4O/c1-16(2,3)15(22)12(8-18)6-11-4-5-14(13(17)7-11)21-10-19-9-20-21/h4-7,9-10H,1-3H3/b12-6+. The molecule has 0 saturated carbocycles. The van der Waals surface area contributed by atoms with Crippen LogP contribution in [0, 0.1) is 22.6 Å². The molecule has 0 fully saturated rings. The summed E-state index contributed by atoms with van der Waals surface area (Å²) in [7, 11) is 0. The molecule has 2 aromatic rings. The van der Waals surface area contributed by atoms with Crippen molar-refractivity contribution in [3.05, 3.63) is 47.8 Å². The number of ketones is 1. The SMILES string of the molecule is CC(C)(C)C(=O)/C(C#N)=C/c1ccc(-n2cncn2)c(F)c1. The number of aromatic nitrogens is 3. The summed E-state index contributed by atoms with van der Waals surface area (Å²) in [6.07, 6.45) is 4.09. The molecule has 0 spiro atoms. The van der Waals surface area contributed by atoms with E-state index >= 15 is 0 Å². The van der Waals surface area contributed by atoms with Crippen molar-refractivity contribution in [1.82, 2.24) is 14.8 Å². The molecule has 0 bridgehead atoms. The number of nitrogens with zero attached hydrogens (tertiary/aromatic N) is 4. The number of carbonyl (C=O) groups excluding carboxylic acids is 1. The maximum Gasteiger partial charge on any atom is 0.178 e. The smallest absolute Gasteiger partial charge is 0.178 e. The summed E-state index contributed by atoms with van der Waals surface area (Å²) >= 11 is 0. The third-order valence-corrected chi connectivity index (χ3v) is 2.99. The Bertz CT molecular complexity index is 764. The van der Waals surface area contributed by atoms with Gasteiger partial charge in [-0.25, -0.2) is 14.1 Å². The van der Waals surface area contributed by atoms with Crippen molar-refractivity contribution in [3.63, 3.8) is 0 Å². The first-order valence-electron chi connectivity index (χ1n) is 6.64. The van der Waals surface area contributed by atoms with Gasteiger partial charge in [-0.15, -0.1) is 0 Å². The predicted molar refractivity (Wildman–Crippen MR) is 79.4 cm³/mol. The number of hydrogen-bond donors (Lipinski definition) is 0. The first kappa shape index (κ1) is 15.6. The van der Waals surface area contributed by atoms with Crippen molar-refractivity contribution in [2.75, 3.05) is 0 Å². The molecule has 0 aliphatic heterocycles. The fraction of sp³-hybridized carbons (Fsp3) is 0.250. The van der Waals surface area contributed by atoms with Crippen LogP contribution in [-0.2, 0) is 4.79 Å². The summed E-state index contributed by atoms with van der Waals surface area (Å²) in [6, 6.07) is 6.27. The lowest BCUT2D eigenvalue weighted by atomic mass is 9.86. The van der Waals surface area contributed by atoms with Gasteiger partial charge in [0.25, 0.3) is 0 Å². The molecule has 2 rings (SSSR count). The quantitative estimate of drug-likeness (QED) is 0.645. The molecular weight excluding hydrogens is 283 g/mol. The second-order valence-electron chi connectivity index (χ2n) is 5.80. The molecule has 0 atom stereocenters. The highest BCUT2D eigenvalue weighted by Crippen LogP contribution is 2.22. The molecule has 1 aromatic heterocycles. The summed E-state index contributed by atoms with van der Waals surface area (Å²) in [4.78, 5) is 15.9. The van der Waals surface area contributed by atoms with Gasteiger partial charge in [-0.2, -0.15) is 10.4 Å². The van der Waals surface area contributed by atoms with E-state index in [1.807, 2.05) is 6.07 Å². The minimum absolute atomic E-state index is 0.000376. The Kier molecular flexibility index (Phi) is 4.18. The second kappa shape index (κ2) is 5.90. The Morgan fingerprint density at radius 2 is 2.14 bits per heavy atom. The maximum atomic E-state index is 14.1. The normalized spacial score (nSPS) is 12.0. The lowest BCUT2D eigenvalue weighted by Crippen LogP contribution is -2.21. The van der Waals surface area contributed by atoms with Gasteiger partial charge in [0.1, 0.15) is 30.2 Å². The van der Waals surface area contributed by atoms with E-state index in [0.29, 0.717) is 5.56 Å². The molecule has 0 radical (unpaired) electrons. The molecule has 0 unspecified atom stereocenters. The Morgan fingerprint density at radius 3 is 2.64 bits per heavy atom. The zero-order chi connectivity index (χ0) is 16.3. The summed E-state index contributed by atoms with van der Waals surface area (Å²) in [5.74, 6) is -0.796. The monoisotopic (exact) mass is 298 g/mol. The van der Waals surface area contributed by atoms with E-state index in [2.05, 4.69) is 10.1 Å². The van der Waals surface area contributed by atoms with E-state index in [1.54, 1.807) is 26.8 Å². The molecule has 0 aliphatic rings. The first-order valence-corrected chi connectivity index (χ1v) is 6.64. The van der Waals surface area contributed by atoms with Crippen LogP contribution in [0.4, 0.5) is 4.39 Å². The average molecular weight is 298 g/mol. The number of hydrogen-bond acceptors (Lipinski definition) is 4. The van der Waals surface area contributed by atoms with Crippen molar-refractivity contribution in [1.29, 1.82) is 5.26 Å². The Hall–Kier alpha value is -2.81. The van der Waals surface area contributed by atoms with E-state index in [-0.39, 0.29) is 17.0 Å². The van der Waals surface area contributed by atoms with Crippen molar-refractivity contribution >= 4 is 11.9 Å². The number of benzene rings is 1. The van der Waals surface area contributed by atoms with Gasteiger partial charge in [0.05, 0.1) is 5.57 Å². The Balaban J connectivity index is 2.38. The molecule has 5 nitrogen and oxygen atoms in total. The fourth-order valence-electron chi connectivity index (χ4n) is 1.85. The lowest BCUT2D eigenvalue weighted by molar-refractivity contribution is -0.121. The highest BCUT2D eigenvalue weighted by Gasteiger charge is 2.25. The second-order valence-corrected chi connectivity index (χ2v) is 5.80. The first-order chi connectivity index (χ1) is 10.3. The van der Waals surface area contributed by atoms with Gasteiger partial charge in [0.15, 0.2) is 5.78 Å². The van der Waals surface area contributed by atoms with Crippen LogP contribution < -0.4 is 0 Å². The number of rotatable bonds is 3. The van der Waals surface area contributed by atoms with Crippen molar-refractivity contribution < 1.29 is 9.18 Å². The van der Waals surface area contributed by atoms with E-state index in [4.69, 9.17) is 5.26 Å². The van der Waals surface area contributed by atoms with E-state index < -0.39 is 11.2 Å². The number of carbonyl (C=O) groups is 1. The topological polar surface area (TPSA) is 71.6 Å². The molecule has 0 N–H and O–H groups in total. The molecule has 22 heavy (non-hydrogen) atoms. The summed E-state index contributed by atoms with van der Waals surface area (Å²) in [6.45, 7) is 5.19. The molecule has 1 heterocycles. The molecule has 112 valence electrons. The maximum absolute atomic E-state index is 14.1. The minimum Gasteiger partial charge on any atom is -0.293 e. The van der Waals surface area contributed by atoms with Gasteiger partial charge in [0.2, 0.25) is 0 Å². The minimum atomic E-state index is -0.666. The van der Waals surface area contributed by atoms with Gasteiger partial charge in [0, 0.05) is 5.41 Å². The molecule has 1 aromatic carbocycles. The van der Waals surface area contributed by atoms with Gasteiger partial charge < -0.3 is 0 Å². The molecular formula is C16H15FN4O. The largest absolute Gasteiger partial charge is 0.293 e. The highest BCUT2D eigenvalue weighted by molar-refractivity contribution is 6.06. The Morgan fingerprint density at radius 1 is 1.41 bits per heavy atom. The van der Waals surface area contributed by atoms with Crippen LogP contribution in [0.3, 0.4) is 0 Å². The van der Waals surface area contributed by atoms with Crippen LogP contribution in [0.15, 0.2) is 36.4 Å². The van der Waals surface area contributed by atoms with Gasteiger partial charge in [-0.1, -0.05) is 26.8 Å². The average Bonchev–Trinajstić information content (AvgIpc) is 2.97. The van der Waals surface area contributed by atoms with Crippen LogP contribution in [0.2, 0.25) is 0 Å². The van der Waals surface area contributed by atoms with Gasteiger partial charge in [-0.05, 0) is 23.8 Å². The zero-order valence-corrected chi connectivity index (χ0v) is 12.5. The van der Waals surface area contributed by atoms with Crippen molar-refractivity contribution in [2.45, 2.75) is 20.8 Å². The fourth-order valence-corrected chi connectivity index (χ4v) is 1.85. The summed E-state index contributed by atoms with van der Waals surface area (Å²) in [5.41, 5.74) is 0.0204. The molecule has 0 saturated heterocycles. The van der Waals surface area contributed by atoms with Crippen LogP contribution in [-0.4, -0.2) is 20.5 Å². The van der Waals surface area contributed by atoms with Crippen molar-refractivity contribution in [3.8, 4) is 11.8 Å². The predicted octanol–water partition coefficient (Wildman–Crippen LogP) is 2.93. The Labute approximate surface area is 127 Å². The van der Waals surface area contributed by atoms with Crippen LogP contribution in [0.25, 0.3) is 11.8 Å². The van der Waals surface area contributed by atoms with Crippen LogP contribution in [0.1, 0.15) is 26.3 Å². The van der Waals surface area contributed by atoms with Gasteiger partial charge in [-0.3, -0.25) is 4.79 Å². The number of Topliss-reactive ketones (excluding diaryl/α,β-unsaturated/α-hetero) is 1. The number of allylic oxidation sites excluding steroid dienone is 1. The summed E-state index contributed by atoms with van der Waals surface area (Å²) < 4.78 is 15.4. The van der Waals surface area contributed by atoms with E-state index in [1.165, 1.54) is 35.5 Å². The van der Waals surface area contributed by atoms with Crippen molar-refractivity contribution in [2.24, 2.45) is 5.41 Å². The summed E-state index contributed by atoms with van der Waals surface area (Å²) in [5, 5.41) is 13.0. The molecule has 0 amide bonds. The number of nitriles is 1. The zero-order valence-electron chi connectivity index (χ0n) is 12.5. The molecule has 0 aliphatic carbocycles. The van der Waals surface area contributed by atoms with Gasteiger partial charge >= 0.3 is 0 Å². The van der Waals surface area contributed by atoms with Crippen LogP contribution in [0.5, 0.6) is 0 Å². The third kappa shape index (κ3) is 3.26. The van der Waals surface area contributed by atoms with E-state index in [0.717, 1.165) is 0 Å². The number of halogens is 1. The lowest BCUT2D eigenvalue weighted by Gasteiger charge is -2.15.